The molecule has 2 N–H and O–H groups in total. The highest BCUT2D eigenvalue weighted by atomic mass is 32.1. The number of pyridine rings is 1. The molecule has 0 unspecified atom stereocenters. The van der Waals surface area contributed by atoms with E-state index in [9.17, 15) is 22.8 Å². The molecule has 0 radical (unpaired) electrons. The largest absolute Gasteiger partial charge is 0.449 e. The molecule has 0 bridgehead atoms. The van der Waals surface area contributed by atoms with Crippen LogP contribution in [0.15, 0.2) is 11.4 Å². The summed E-state index contributed by atoms with van der Waals surface area (Å²) in [6, 6.07) is 1.02. The first-order valence-electron chi connectivity index (χ1n) is 9.63. The molecule has 2 fully saturated rings. The SMILES string of the molecule is CNC(=O)c1csc2c(C(F)(F)F)cc(N3CC(COC(=O)NCC4CC4)C3)nc12. The van der Waals surface area contributed by atoms with Gasteiger partial charge in [0.1, 0.15) is 5.82 Å². The Kier molecular flexibility index (Phi) is 5.48. The molecular formula is C19H21F3N4O3S. The summed E-state index contributed by atoms with van der Waals surface area (Å²) in [6.45, 7) is 1.66. The van der Waals surface area contributed by atoms with Crippen molar-refractivity contribution in [1.82, 2.24) is 15.6 Å². The monoisotopic (exact) mass is 442 g/mol. The number of hydrogen-bond donors (Lipinski definition) is 2. The highest BCUT2D eigenvalue weighted by Gasteiger charge is 2.37. The van der Waals surface area contributed by atoms with E-state index in [0.717, 1.165) is 30.2 Å². The molecule has 1 saturated heterocycles. The molecule has 1 aliphatic carbocycles. The third-order valence-electron chi connectivity index (χ3n) is 5.25. The Morgan fingerprint density at radius 1 is 1.30 bits per heavy atom. The second-order valence-corrected chi connectivity index (χ2v) is 8.51. The number of alkyl halides is 3. The summed E-state index contributed by atoms with van der Waals surface area (Å²) in [5.74, 6) is 0.251. The van der Waals surface area contributed by atoms with Crippen molar-refractivity contribution < 1.29 is 27.5 Å². The van der Waals surface area contributed by atoms with Crippen molar-refractivity contribution in [3.8, 4) is 0 Å². The number of fused-ring (bicyclic) bond motifs is 1. The minimum absolute atomic E-state index is 0.0180. The minimum Gasteiger partial charge on any atom is -0.449 e. The molecule has 1 aliphatic heterocycles. The molecule has 2 aliphatic rings. The molecule has 2 aromatic rings. The van der Waals surface area contributed by atoms with Gasteiger partial charge in [0, 0.05) is 38.0 Å². The van der Waals surface area contributed by atoms with E-state index in [0.29, 0.717) is 25.6 Å². The Hall–Kier alpha value is -2.56. The fraction of sp³-hybridized carbons (Fsp3) is 0.526. The van der Waals surface area contributed by atoms with Gasteiger partial charge in [-0.25, -0.2) is 9.78 Å². The van der Waals surface area contributed by atoms with Crippen LogP contribution in [0.5, 0.6) is 0 Å². The maximum absolute atomic E-state index is 13.6. The summed E-state index contributed by atoms with van der Waals surface area (Å²) in [6.07, 6.45) is -2.78. The van der Waals surface area contributed by atoms with Crippen molar-refractivity contribution in [2.45, 2.75) is 19.0 Å². The maximum Gasteiger partial charge on any atom is 0.417 e. The zero-order chi connectivity index (χ0) is 21.5. The van der Waals surface area contributed by atoms with Gasteiger partial charge in [0.05, 0.1) is 28.0 Å². The standard InChI is InChI=1S/C19H21F3N4O3S/c1-23-17(27)12-9-30-16-13(19(20,21)22)4-14(25-15(12)16)26-6-11(7-26)8-29-18(28)24-5-10-2-3-10/h4,9-11H,2-3,5-8H2,1H3,(H,23,27)(H,24,28). The van der Waals surface area contributed by atoms with Crippen LogP contribution >= 0.6 is 11.3 Å². The zero-order valence-electron chi connectivity index (χ0n) is 16.2. The van der Waals surface area contributed by atoms with Crippen molar-refractivity contribution in [3.63, 3.8) is 0 Å². The molecule has 2 aromatic heterocycles. The lowest BCUT2D eigenvalue weighted by molar-refractivity contribution is -0.136. The molecule has 7 nitrogen and oxygen atoms in total. The highest BCUT2D eigenvalue weighted by Crippen LogP contribution is 2.41. The summed E-state index contributed by atoms with van der Waals surface area (Å²) in [7, 11) is 1.42. The zero-order valence-corrected chi connectivity index (χ0v) is 17.0. The van der Waals surface area contributed by atoms with E-state index in [2.05, 4.69) is 15.6 Å². The lowest BCUT2D eigenvalue weighted by Crippen LogP contribution is -2.50. The summed E-state index contributed by atoms with van der Waals surface area (Å²) >= 11 is 0.854. The van der Waals surface area contributed by atoms with Crippen LogP contribution in [0.2, 0.25) is 0 Å². The van der Waals surface area contributed by atoms with Crippen LogP contribution in [-0.2, 0) is 10.9 Å². The number of ether oxygens (including phenoxy) is 1. The first kappa shape index (κ1) is 20.7. The second-order valence-electron chi connectivity index (χ2n) is 7.63. The number of alkyl carbamates (subject to hydrolysis) is 1. The van der Waals surface area contributed by atoms with Gasteiger partial charge >= 0.3 is 12.3 Å². The molecular weight excluding hydrogens is 421 g/mol. The molecule has 0 spiro atoms. The van der Waals surface area contributed by atoms with Crippen molar-refractivity contribution in [3.05, 3.63) is 22.6 Å². The van der Waals surface area contributed by atoms with E-state index in [1.807, 2.05) is 0 Å². The number of hydrogen-bond acceptors (Lipinski definition) is 6. The van der Waals surface area contributed by atoms with E-state index < -0.39 is 23.7 Å². The molecule has 0 atom stereocenters. The Morgan fingerprint density at radius 3 is 2.67 bits per heavy atom. The first-order valence-corrected chi connectivity index (χ1v) is 10.5. The predicted molar refractivity (Wildman–Crippen MR) is 106 cm³/mol. The van der Waals surface area contributed by atoms with Gasteiger partial charge in [0.2, 0.25) is 0 Å². The van der Waals surface area contributed by atoms with Crippen LogP contribution in [0.25, 0.3) is 10.2 Å². The van der Waals surface area contributed by atoms with Gasteiger partial charge in [0.15, 0.2) is 0 Å². The van der Waals surface area contributed by atoms with Crippen LogP contribution in [0.4, 0.5) is 23.8 Å². The lowest BCUT2D eigenvalue weighted by Gasteiger charge is -2.40. The number of nitrogens with one attached hydrogen (secondary N) is 2. The number of carbonyl (C=O) groups excluding carboxylic acids is 2. The number of carbonyl (C=O) groups is 2. The first-order chi connectivity index (χ1) is 14.3. The summed E-state index contributed by atoms with van der Waals surface area (Å²) in [5, 5.41) is 6.53. The second kappa shape index (κ2) is 7.93. The number of aromatic nitrogens is 1. The Labute approximate surface area is 174 Å². The average Bonchev–Trinajstić information content (AvgIpc) is 3.40. The van der Waals surface area contributed by atoms with Crippen molar-refractivity contribution in [1.29, 1.82) is 0 Å². The van der Waals surface area contributed by atoms with Crippen molar-refractivity contribution in [2.75, 3.05) is 38.2 Å². The molecule has 30 heavy (non-hydrogen) atoms. The van der Waals surface area contributed by atoms with Crippen LogP contribution in [0, 0.1) is 11.8 Å². The van der Waals surface area contributed by atoms with Gasteiger partial charge in [-0.2, -0.15) is 13.2 Å². The van der Waals surface area contributed by atoms with Crippen LogP contribution in [0.1, 0.15) is 28.8 Å². The minimum atomic E-state index is -4.56. The molecule has 0 aromatic carbocycles. The van der Waals surface area contributed by atoms with E-state index >= 15 is 0 Å². The number of thiophene rings is 1. The number of halogens is 3. The van der Waals surface area contributed by atoms with Crippen LogP contribution in [-0.4, -0.2) is 50.3 Å². The molecule has 3 heterocycles. The number of nitrogens with zero attached hydrogens (tertiary/aromatic N) is 2. The Morgan fingerprint density at radius 2 is 2.03 bits per heavy atom. The molecule has 162 valence electrons. The summed E-state index contributed by atoms with van der Waals surface area (Å²) < 4.78 is 45.9. The summed E-state index contributed by atoms with van der Waals surface area (Å²) in [4.78, 5) is 29.7. The normalized spacial score (nSPS) is 17.0. The van der Waals surface area contributed by atoms with Gasteiger partial charge in [-0.3, -0.25) is 4.79 Å². The van der Waals surface area contributed by atoms with E-state index in [1.54, 1.807) is 4.90 Å². The predicted octanol–water partition coefficient (Wildman–Crippen LogP) is 3.25. The number of anilines is 1. The Bertz CT molecular complexity index is 968. The summed E-state index contributed by atoms with van der Waals surface area (Å²) in [5.41, 5.74) is -0.636. The average molecular weight is 442 g/mol. The number of amides is 2. The van der Waals surface area contributed by atoms with Gasteiger partial charge in [0.25, 0.3) is 5.91 Å². The molecule has 1 saturated carbocycles. The van der Waals surface area contributed by atoms with E-state index in [1.165, 1.54) is 12.4 Å². The third-order valence-corrected chi connectivity index (χ3v) is 6.25. The van der Waals surface area contributed by atoms with Gasteiger partial charge in [-0.15, -0.1) is 11.3 Å². The molecule has 4 rings (SSSR count). The Balaban J connectivity index is 1.45. The third kappa shape index (κ3) is 4.30. The topological polar surface area (TPSA) is 83.6 Å². The number of rotatable bonds is 6. The van der Waals surface area contributed by atoms with Gasteiger partial charge < -0.3 is 20.3 Å². The fourth-order valence-corrected chi connectivity index (χ4v) is 4.34. The molecule has 11 heteroatoms. The van der Waals surface area contributed by atoms with Crippen molar-refractivity contribution in [2.24, 2.45) is 11.8 Å². The maximum atomic E-state index is 13.6. The van der Waals surface area contributed by atoms with Crippen molar-refractivity contribution >= 4 is 39.4 Å². The fourth-order valence-electron chi connectivity index (χ4n) is 3.32. The van der Waals surface area contributed by atoms with Crippen LogP contribution in [0.3, 0.4) is 0 Å². The molecule has 2 amide bonds. The van der Waals surface area contributed by atoms with E-state index in [-0.39, 0.29) is 34.1 Å². The highest BCUT2D eigenvalue weighted by molar-refractivity contribution is 7.17. The lowest BCUT2D eigenvalue weighted by atomic mass is 10.0. The quantitative estimate of drug-likeness (QED) is 0.718. The van der Waals surface area contributed by atoms with E-state index in [4.69, 9.17) is 4.74 Å². The van der Waals surface area contributed by atoms with Gasteiger partial charge in [-0.05, 0) is 24.8 Å². The van der Waals surface area contributed by atoms with Gasteiger partial charge in [-0.1, -0.05) is 0 Å². The smallest absolute Gasteiger partial charge is 0.417 e. The van der Waals surface area contributed by atoms with Crippen LogP contribution < -0.4 is 15.5 Å².